The predicted molar refractivity (Wildman–Crippen MR) is 109 cm³/mol. The van der Waals surface area contributed by atoms with Gasteiger partial charge in [0.25, 0.3) is 0 Å². The topological polar surface area (TPSA) is 83.8 Å². The molecule has 2 aromatic rings. The van der Waals surface area contributed by atoms with Crippen LogP contribution in [0.1, 0.15) is 48.2 Å². The van der Waals surface area contributed by atoms with Crippen molar-refractivity contribution in [2.24, 2.45) is 0 Å². The van der Waals surface area contributed by atoms with Gasteiger partial charge in [0.05, 0.1) is 25.5 Å². The Kier molecular flexibility index (Phi) is 5.85. The Labute approximate surface area is 170 Å². The average Bonchev–Trinajstić information content (AvgIpc) is 3.21. The lowest BCUT2D eigenvalue weighted by Crippen LogP contribution is -2.56. The number of benzene rings is 1. The smallest absolute Gasteiger partial charge is 0.337 e. The van der Waals surface area contributed by atoms with E-state index in [1.165, 1.54) is 13.5 Å². The maximum absolute atomic E-state index is 12.5. The quantitative estimate of drug-likeness (QED) is 0.751. The number of anilines is 1. The van der Waals surface area contributed by atoms with Crippen molar-refractivity contribution in [1.29, 1.82) is 0 Å². The van der Waals surface area contributed by atoms with Gasteiger partial charge < -0.3 is 19.8 Å². The second-order valence-electron chi connectivity index (χ2n) is 7.83. The molecule has 3 heterocycles. The van der Waals surface area contributed by atoms with Crippen LogP contribution >= 0.6 is 0 Å². The van der Waals surface area contributed by atoms with Crippen LogP contribution in [0.15, 0.2) is 47.1 Å². The maximum Gasteiger partial charge on any atom is 0.337 e. The van der Waals surface area contributed by atoms with Gasteiger partial charge in [0, 0.05) is 23.8 Å². The number of piperidine rings is 2. The van der Waals surface area contributed by atoms with E-state index in [1.54, 1.807) is 30.5 Å². The first-order valence-corrected chi connectivity index (χ1v) is 10.2. The molecule has 0 radical (unpaired) electrons. The molecule has 2 N–H and O–H groups in total. The molecule has 0 unspecified atom stereocenters. The van der Waals surface area contributed by atoms with E-state index in [9.17, 15) is 9.59 Å². The molecule has 2 bridgehead atoms. The second-order valence-corrected chi connectivity index (χ2v) is 7.83. The Morgan fingerprint density at radius 2 is 1.97 bits per heavy atom. The zero-order chi connectivity index (χ0) is 20.2. The van der Waals surface area contributed by atoms with Crippen LogP contribution in [-0.4, -0.2) is 42.1 Å². The highest BCUT2D eigenvalue weighted by atomic mass is 16.5. The molecular formula is C22H27N3O4. The summed E-state index contributed by atoms with van der Waals surface area (Å²) in [6.07, 6.45) is 7.14. The fraction of sp³-hybridized carbons (Fsp3) is 0.455. The standard InChI is InChI=1S/C22H27N3O4/c1-28-21(26)15-5-2-6-16(11-15)23-22(27)24-17-12-18-7-3-8-19(13-17)25(18)14-20-9-4-10-29-20/h2,4-6,9-11,17-19H,3,7-8,12-14H2,1H3,(H2,23,24,27)/t18-,19-/m1/s1. The summed E-state index contributed by atoms with van der Waals surface area (Å²) in [6, 6.07) is 11.5. The summed E-state index contributed by atoms with van der Waals surface area (Å²) < 4.78 is 10.3. The highest BCUT2D eigenvalue weighted by molar-refractivity contribution is 5.93. The highest BCUT2D eigenvalue weighted by Crippen LogP contribution is 2.35. The van der Waals surface area contributed by atoms with Crippen LogP contribution in [0.3, 0.4) is 0 Å². The molecule has 2 saturated heterocycles. The number of ether oxygens (including phenoxy) is 1. The van der Waals surface area contributed by atoms with E-state index in [0.717, 1.165) is 38.0 Å². The predicted octanol–water partition coefficient (Wildman–Crippen LogP) is 3.77. The van der Waals surface area contributed by atoms with Crippen molar-refractivity contribution in [2.75, 3.05) is 12.4 Å². The summed E-state index contributed by atoms with van der Waals surface area (Å²) in [7, 11) is 1.34. The minimum absolute atomic E-state index is 0.141. The van der Waals surface area contributed by atoms with Crippen molar-refractivity contribution < 1.29 is 18.7 Å². The van der Waals surface area contributed by atoms with Gasteiger partial charge in [-0.2, -0.15) is 0 Å². The Morgan fingerprint density at radius 1 is 1.17 bits per heavy atom. The molecule has 7 heteroatoms. The Balaban J connectivity index is 1.34. The van der Waals surface area contributed by atoms with Crippen molar-refractivity contribution in [3.63, 3.8) is 0 Å². The molecule has 0 saturated carbocycles. The monoisotopic (exact) mass is 397 g/mol. The lowest BCUT2D eigenvalue weighted by molar-refractivity contribution is 0.0150. The van der Waals surface area contributed by atoms with E-state index in [-0.39, 0.29) is 12.1 Å². The van der Waals surface area contributed by atoms with E-state index < -0.39 is 5.97 Å². The van der Waals surface area contributed by atoms with E-state index >= 15 is 0 Å². The van der Waals surface area contributed by atoms with Gasteiger partial charge in [-0.3, -0.25) is 4.90 Å². The third kappa shape index (κ3) is 4.62. The molecule has 2 aliphatic rings. The number of carbonyl (C=O) groups is 2. The zero-order valence-electron chi connectivity index (χ0n) is 16.6. The van der Waals surface area contributed by atoms with Crippen molar-refractivity contribution in [3.8, 4) is 0 Å². The van der Waals surface area contributed by atoms with E-state index in [4.69, 9.17) is 9.15 Å². The first-order valence-electron chi connectivity index (χ1n) is 10.2. The molecule has 1 aromatic carbocycles. The summed E-state index contributed by atoms with van der Waals surface area (Å²) in [5.41, 5.74) is 0.979. The number of urea groups is 1. The second kappa shape index (κ2) is 8.69. The minimum Gasteiger partial charge on any atom is -0.468 e. The third-order valence-electron chi connectivity index (χ3n) is 5.92. The molecule has 7 nitrogen and oxygen atoms in total. The van der Waals surface area contributed by atoms with Gasteiger partial charge in [-0.25, -0.2) is 9.59 Å². The Bertz CT molecular complexity index is 838. The summed E-state index contributed by atoms with van der Waals surface area (Å²) in [5.74, 6) is 0.572. The summed E-state index contributed by atoms with van der Waals surface area (Å²) in [6.45, 7) is 0.835. The summed E-state index contributed by atoms with van der Waals surface area (Å²) >= 11 is 0. The SMILES string of the molecule is COC(=O)c1cccc(NC(=O)NC2C[C@H]3CCC[C@H](C2)N3Cc2ccco2)c1. The number of hydrogen-bond donors (Lipinski definition) is 2. The van der Waals surface area contributed by atoms with Crippen LogP contribution in [-0.2, 0) is 11.3 Å². The molecular weight excluding hydrogens is 370 g/mol. The summed E-state index contributed by atoms with van der Waals surface area (Å²) in [5, 5.41) is 5.96. The molecule has 2 atom stereocenters. The van der Waals surface area contributed by atoms with E-state index in [1.807, 2.05) is 12.1 Å². The number of rotatable bonds is 5. The van der Waals surface area contributed by atoms with Crippen LogP contribution in [0.4, 0.5) is 10.5 Å². The van der Waals surface area contributed by atoms with Gasteiger partial charge >= 0.3 is 12.0 Å². The molecule has 154 valence electrons. The normalized spacial score (nSPS) is 24.0. The number of nitrogens with one attached hydrogen (secondary N) is 2. The summed E-state index contributed by atoms with van der Waals surface area (Å²) in [4.78, 5) is 26.7. The zero-order valence-corrected chi connectivity index (χ0v) is 16.6. The van der Waals surface area contributed by atoms with Gasteiger partial charge in [-0.1, -0.05) is 12.5 Å². The maximum atomic E-state index is 12.5. The third-order valence-corrected chi connectivity index (χ3v) is 5.92. The number of methoxy groups -OCH3 is 1. The fourth-order valence-corrected chi connectivity index (χ4v) is 4.63. The van der Waals surface area contributed by atoms with Crippen molar-refractivity contribution in [1.82, 2.24) is 10.2 Å². The van der Waals surface area contributed by atoms with Crippen molar-refractivity contribution in [2.45, 2.75) is 56.8 Å². The van der Waals surface area contributed by atoms with Crippen molar-refractivity contribution in [3.05, 3.63) is 54.0 Å². The number of hydrogen-bond acceptors (Lipinski definition) is 5. The van der Waals surface area contributed by atoms with Gasteiger partial charge in [-0.05, 0) is 56.0 Å². The molecule has 0 aliphatic carbocycles. The lowest BCUT2D eigenvalue weighted by Gasteiger charge is -2.48. The number of carbonyl (C=O) groups excluding carboxylic acids is 2. The molecule has 1 aromatic heterocycles. The Morgan fingerprint density at radius 3 is 2.66 bits per heavy atom. The van der Waals surface area contributed by atoms with Gasteiger partial charge in [0.1, 0.15) is 5.76 Å². The number of amides is 2. The van der Waals surface area contributed by atoms with Crippen molar-refractivity contribution >= 4 is 17.7 Å². The number of esters is 1. The Hall–Kier alpha value is -2.80. The van der Waals surface area contributed by atoms with Gasteiger partial charge in [-0.15, -0.1) is 0 Å². The van der Waals surface area contributed by atoms with Crippen LogP contribution in [0, 0.1) is 0 Å². The molecule has 29 heavy (non-hydrogen) atoms. The highest BCUT2D eigenvalue weighted by Gasteiger charge is 2.38. The molecule has 2 fully saturated rings. The van der Waals surface area contributed by atoms with Crippen LogP contribution in [0.5, 0.6) is 0 Å². The van der Waals surface area contributed by atoms with E-state index in [0.29, 0.717) is 23.3 Å². The van der Waals surface area contributed by atoms with Gasteiger partial charge in [0.2, 0.25) is 0 Å². The number of nitrogens with zero attached hydrogens (tertiary/aromatic N) is 1. The molecule has 0 spiro atoms. The van der Waals surface area contributed by atoms with Crippen LogP contribution in [0.25, 0.3) is 0 Å². The average molecular weight is 397 g/mol. The first kappa shape index (κ1) is 19.5. The minimum atomic E-state index is -0.425. The van der Waals surface area contributed by atoms with Crippen LogP contribution < -0.4 is 10.6 Å². The van der Waals surface area contributed by atoms with Gasteiger partial charge in [0.15, 0.2) is 0 Å². The first-order chi connectivity index (χ1) is 14.1. The lowest BCUT2D eigenvalue weighted by atomic mass is 9.81. The molecule has 4 rings (SSSR count). The fourth-order valence-electron chi connectivity index (χ4n) is 4.63. The van der Waals surface area contributed by atoms with E-state index in [2.05, 4.69) is 15.5 Å². The largest absolute Gasteiger partial charge is 0.468 e. The number of furan rings is 1. The molecule has 2 amide bonds. The molecule has 2 aliphatic heterocycles. The van der Waals surface area contributed by atoms with Crippen LogP contribution in [0.2, 0.25) is 0 Å². The number of fused-ring (bicyclic) bond motifs is 2.